The Bertz CT molecular complexity index is 476. The molecular weight excluding hydrogens is 599 g/mol. The molecule has 0 aromatic carbocycles. The molecule has 0 spiro atoms. The van der Waals surface area contributed by atoms with Crippen LogP contribution in [-0.4, -0.2) is 42.8 Å². The molecular formula is C32H68O4SSn. The Labute approximate surface area is 251 Å². The molecule has 2 radical (unpaired) electrons. The first kappa shape index (κ1) is 40.8. The Morgan fingerprint density at radius 1 is 0.395 bits per heavy atom. The summed E-state index contributed by atoms with van der Waals surface area (Å²) in [6.07, 6.45) is 30.3. The van der Waals surface area contributed by atoms with Gasteiger partial charge in [-0.2, -0.15) is 8.42 Å². The van der Waals surface area contributed by atoms with E-state index in [1.807, 2.05) is 0 Å². The SMILES string of the molecule is CCCCCCCCCCCCOS(=O)(=O)OCCCCCCCCCCCC.CCC[CH2][Sn][CH2]CCC. The molecule has 4 nitrogen and oxygen atoms in total. The molecule has 0 atom stereocenters. The van der Waals surface area contributed by atoms with Crippen LogP contribution in [-0.2, 0) is 18.8 Å². The van der Waals surface area contributed by atoms with E-state index in [0.717, 1.165) is 38.5 Å². The molecule has 38 heavy (non-hydrogen) atoms. The predicted octanol–water partition coefficient (Wildman–Crippen LogP) is 11.2. The van der Waals surface area contributed by atoms with E-state index in [1.54, 1.807) is 8.87 Å². The van der Waals surface area contributed by atoms with Gasteiger partial charge in [0, 0.05) is 0 Å². The van der Waals surface area contributed by atoms with Crippen LogP contribution in [0.3, 0.4) is 0 Å². The second-order valence-electron chi connectivity index (χ2n) is 10.9. The van der Waals surface area contributed by atoms with Gasteiger partial charge in [0.2, 0.25) is 0 Å². The standard InChI is InChI=1S/C24H50O4S.2C4H9.Sn/c1-3-5-7-9-11-13-15-17-19-21-23-27-29(25,26)28-24-22-20-18-16-14-12-10-8-6-4-2;2*1-3-4-2;/h3-24H2,1-2H3;2*1,3-4H2,2H3;. The number of rotatable bonds is 30. The Hall–Kier alpha value is 0.669. The van der Waals surface area contributed by atoms with E-state index in [0.29, 0.717) is 0 Å². The van der Waals surface area contributed by atoms with E-state index in [9.17, 15) is 8.42 Å². The van der Waals surface area contributed by atoms with Gasteiger partial charge in [0.15, 0.2) is 0 Å². The van der Waals surface area contributed by atoms with Crippen LogP contribution in [0.4, 0.5) is 0 Å². The van der Waals surface area contributed by atoms with Crippen LogP contribution in [0.1, 0.15) is 182 Å². The predicted molar refractivity (Wildman–Crippen MR) is 170 cm³/mol. The first-order chi connectivity index (χ1) is 18.5. The third kappa shape index (κ3) is 38.8. The number of hydrogen-bond donors (Lipinski definition) is 0. The summed E-state index contributed by atoms with van der Waals surface area (Å²) in [7, 11) is -3.80. The summed E-state index contributed by atoms with van der Waals surface area (Å²) in [6.45, 7) is 9.56. The molecule has 230 valence electrons. The molecule has 0 N–H and O–H groups in total. The molecule has 0 aliphatic rings. The molecule has 0 unspecified atom stereocenters. The molecule has 0 saturated carbocycles. The average molecular weight is 668 g/mol. The molecule has 0 aromatic heterocycles. The summed E-state index contributed by atoms with van der Waals surface area (Å²) in [4.78, 5) is 0. The van der Waals surface area contributed by atoms with Crippen molar-refractivity contribution >= 4 is 31.5 Å². The van der Waals surface area contributed by atoms with E-state index in [1.165, 1.54) is 116 Å². The van der Waals surface area contributed by atoms with Crippen LogP contribution in [0.15, 0.2) is 0 Å². The van der Waals surface area contributed by atoms with Gasteiger partial charge >= 0.3 is 79.9 Å². The maximum atomic E-state index is 11.7. The van der Waals surface area contributed by atoms with Gasteiger partial charge in [0.05, 0.1) is 13.2 Å². The molecule has 0 bridgehead atoms. The Morgan fingerprint density at radius 2 is 0.658 bits per heavy atom. The van der Waals surface area contributed by atoms with Gasteiger partial charge < -0.3 is 0 Å². The molecule has 0 fully saturated rings. The van der Waals surface area contributed by atoms with Gasteiger partial charge in [-0.3, -0.25) is 0 Å². The topological polar surface area (TPSA) is 52.6 Å². The van der Waals surface area contributed by atoms with Gasteiger partial charge in [-0.05, 0) is 12.8 Å². The monoisotopic (exact) mass is 668 g/mol. The summed E-state index contributed by atoms with van der Waals surface area (Å²) in [6, 6.07) is 0. The van der Waals surface area contributed by atoms with Gasteiger partial charge in [-0.1, -0.05) is 129 Å². The van der Waals surface area contributed by atoms with Gasteiger partial charge in [-0.25, -0.2) is 8.37 Å². The van der Waals surface area contributed by atoms with E-state index in [4.69, 9.17) is 8.37 Å². The fraction of sp³-hybridized carbons (Fsp3) is 1.00. The van der Waals surface area contributed by atoms with Gasteiger partial charge in [0.25, 0.3) is 0 Å². The van der Waals surface area contributed by atoms with Crippen molar-refractivity contribution in [2.45, 2.75) is 191 Å². The van der Waals surface area contributed by atoms with Gasteiger partial charge in [0.1, 0.15) is 0 Å². The summed E-state index contributed by atoms with van der Waals surface area (Å²) < 4.78 is 36.5. The summed E-state index contributed by atoms with van der Waals surface area (Å²) in [5.74, 6) is 0. The normalized spacial score (nSPS) is 11.5. The Morgan fingerprint density at radius 3 is 0.947 bits per heavy atom. The summed E-state index contributed by atoms with van der Waals surface area (Å²) in [5, 5.41) is 0. The van der Waals surface area contributed by atoms with Crippen molar-refractivity contribution in [1.29, 1.82) is 0 Å². The molecule has 0 aliphatic carbocycles. The fourth-order valence-electron chi connectivity index (χ4n) is 4.26. The van der Waals surface area contributed by atoms with Crippen molar-refractivity contribution < 1.29 is 16.8 Å². The van der Waals surface area contributed by atoms with Crippen molar-refractivity contribution in [2.24, 2.45) is 0 Å². The van der Waals surface area contributed by atoms with Crippen molar-refractivity contribution in [3.8, 4) is 0 Å². The van der Waals surface area contributed by atoms with Gasteiger partial charge in [-0.15, -0.1) is 0 Å². The zero-order valence-electron chi connectivity index (χ0n) is 26.3. The van der Waals surface area contributed by atoms with E-state index >= 15 is 0 Å². The van der Waals surface area contributed by atoms with Crippen molar-refractivity contribution in [3.05, 3.63) is 0 Å². The Kier molecular flexibility index (Phi) is 38.3. The van der Waals surface area contributed by atoms with Crippen molar-refractivity contribution in [3.63, 3.8) is 0 Å². The second kappa shape index (κ2) is 35.7. The van der Waals surface area contributed by atoms with E-state index in [-0.39, 0.29) is 34.4 Å². The molecule has 0 rings (SSSR count). The molecule has 0 saturated heterocycles. The molecule has 0 aromatic rings. The van der Waals surface area contributed by atoms with Crippen LogP contribution < -0.4 is 0 Å². The third-order valence-corrected chi connectivity index (χ3v) is 11.8. The minimum absolute atomic E-state index is 0.149. The zero-order valence-corrected chi connectivity index (χ0v) is 30.0. The summed E-state index contributed by atoms with van der Waals surface area (Å²) >= 11 is 0.149. The van der Waals surface area contributed by atoms with Crippen molar-refractivity contribution in [1.82, 2.24) is 0 Å². The zero-order chi connectivity index (χ0) is 28.4. The van der Waals surface area contributed by atoms with Crippen LogP contribution >= 0.6 is 0 Å². The number of hydrogen-bond acceptors (Lipinski definition) is 4. The second-order valence-corrected chi connectivity index (χ2v) is 16.4. The maximum absolute atomic E-state index is 11.7. The summed E-state index contributed by atoms with van der Waals surface area (Å²) in [5.41, 5.74) is 0. The first-order valence-corrected chi connectivity index (χ1v) is 22.1. The van der Waals surface area contributed by atoms with Crippen LogP contribution in [0.2, 0.25) is 8.87 Å². The Balaban J connectivity index is 0. The van der Waals surface area contributed by atoms with E-state index < -0.39 is 10.4 Å². The van der Waals surface area contributed by atoms with Crippen LogP contribution in [0.25, 0.3) is 0 Å². The van der Waals surface area contributed by atoms with Crippen LogP contribution in [0.5, 0.6) is 0 Å². The quantitative estimate of drug-likeness (QED) is 0.0565. The third-order valence-electron chi connectivity index (χ3n) is 6.87. The fourth-order valence-corrected chi connectivity index (χ4v) is 9.13. The van der Waals surface area contributed by atoms with Crippen LogP contribution in [0, 0.1) is 0 Å². The molecule has 6 heteroatoms. The molecule has 0 heterocycles. The van der Waals surface area contributed by atoms with E-state index in [2.05, 4.69) is 27.7 Å². The minimum atomic E-state index is -3.80. The number of unbranched alkanes of at least 4 members (excludes halogenated alkanes) is 20. The molecule has 0 aliphatic heterocycles. The van der Waals surface area contributed by atoms with Crippen molar-refractivity contribution in [2.75, 3.05) is 13.2 Å². The average Bonchev–Trinajstić information content (AvgIpc) is 2.90. The first-order valence-electron chi connectivity index (χ1n) is 16.8. The molecule has 0 amide bonds.